The molecule has 0 fully saturated rings. The van der Waals surface area contributed by atoms with Crippen molar-refractivity contribution in [2.75, 3.05) is 12.4 Å². The van der Waals surface area contributed by atoms with E-state index in [9.17, 15) is 4.79 Å². The van der Waals surface area contributed by atoms with Crippen LogP contribution < -0.4 is 10.6 Å². The van der Waals surface area contributed by atoms with Crippen molar-refractivity contribution in [2.24, 2.45) is 0 Å². The van der Waals surface area contributed by atoms with Gasteiger partial charge in [-0.15, -0.1) is 0 Å². The van der Waals surface area contributed by atoms with Gasteiger partial charge in [0.2, 0.25) is 0 Å². The van der Waals surface area contributed by atoms with Gasteiger partial charge in [0, 0.05) is 16.8 Å². The fraction of sp³-hybridized carbons (Fsp3) is 0.143. The van der Waals surface area contributed by atoms with E-state index in [1.807, 2.05) is 6.07 Å². The molecule has 1 aromatic rings. The quantitative estimate of drug-likeness (QED) is 0.763. The normalized spacial score (nSPS) is 9.17. The summed E-state index contributed by atoms with van der Waals surface area (Å²) in [5, 5.41) is 4.99. The Morgan fingerprint density at radius 3 is 2.83 bits per heavy atom. The van der Waals surface area contributed by atoms with E-state index in [0.717, 1.165) is 3.57 Å². The highest BCUT2D eigenvalue weighted by atomic mass is 127. The van der Waals surface area contributed by atoms with E-state index < -0.39 is 0 Å². The summed E-state index contributed by atoms with van der Waals surface area (Å²) < 4.78 is 1.04. The standard InChI is InChI=1S/C7H8IN3O/c1-9-7(12)11-6-3-2-5(8)4-10-6/h2-4H,1H3,(H2,9,10,11,12). The Bertz CT molecular complexity index is 272. The first kappa shape index (κ1) is 9.24. The first-order valence-electron chi connectivity index (χ1n) is 3.32. The summed E-state index contributed by atoms with van der Waals surface area (Å²) >= 11 is 2.15. The fourth-order valence-electron chi connectivity index (χ4n) is 0.629. The third-order valence-electron chi connectivity index (χ3n) is 1.20. The summed E-state index contributed by atoms with van der Waals surface area (Å²) in [6.07, 6.45) is 1.69. The van der Waals surface area contributed by atoms with Gasteiger partial charge in [-0.05, 0) is 34.7 Å². The summed E-state index contributed by atoms with van der Waals surface area (Å²) in [5.74, 6) is 0.551. The van der Waals surface area contributed by atoms with Gasteiger partial charge in [0.25, 0.3) is 0 Å². The lowest BCUT2D eigenvalue weighted by Crippen LogP contribution is -2.24. The Morgan fingerprint density at radius 1 is 1.58 bits per heavy atom. The molecule has 0 saturated carbocycles. The number of rotatable bonds is 1. The van der Waals surface area contributed by atoms with E-state index in [1.54, 1.807) is 19.3 Å². The minimum Gasteiger partial charge on any atom is -0.341 e. The summed E-state index contributed by atoms with van der Waals surface area (Å²) in [6.45, 7) is 0. The van der Waals surface area contributed by atoms with Gasteiger partial charge < -0.3 is 5.32 Å². The van der Waals surface area contributed by atoms with Gasteiger partial charge in [0.15, 0.2) is 0 Å². The number of anilines is 1. The molecule has 0 spiro atoms. The van der Waals surface area contributed by atoms with E-state index in [1.165, 1.54) is 0 Å². The molecule has 0 unspecified atom stereocenters. The molecule has 0 aliphatic carbocycles. The van der Waals surface area contributed by atoms with Gasteiger partial charge in [0.05, 0.1) is 0 Å². The van der Waals surface area contributed by atoms with Crippen molar-refractivity contribution in [3.05, 3.63) is 21.9 Å². The Hall–Kier alpha value is -0.850. The fourth-order valence-corrected chi connectivity index (χ4v) is 0.948. The maximum Gasteiger partial charge on any atom is 0.320 e. The Kier molecular flexibility index (Phi) is 3.27. The van der Waals surface area contributed by atoms with Crippen LogP contribution in [0, 0.1) is 3.57 Å². The minimum atomic E-state index is -0.260. The number of aromatic nitrogens is 1. The second-order valence-corrected chi connectivity index (χ2v) is 3.31. The second kappa shape index (κ2) is 4.24. The molecule has 1 heterocycles. The van der Waals surface area contributed by atoms with Gasteiger partial charge >= 0.3 is 6.03 Å². The maximum absolute atomic E-state index is 10.8. The molecule has 1 rings (SSSR count). The SMILES string of the molecule is CNC(=O)Nc1ccc(I)cn1. The van der Waals surface area contributed by atoms with Gasteiger partial charge in [-0.1, -0.05) is 0 Å². The summed E-state index contributed by atoms with van der Waals surface area (Å²) in [4.78, 5) is 14.8. The molecule has 0 atom stereocenters. The van der Waals surface area contributed by atoms with Crippen molar-refractivity contribution in [1.82, 2.24) is 10.3 Å². The second-order valence-electron chi connectivity index (χ2n) is 2.07. The van der Waals surface area contributed by atoms with Crippen LogP contribution >= 0.6 is 22.6 Å². The van der Waals surface area contributed by atoms with E-state index in [0.29, 0.717) is 5.82 Å². The Balaban J connectivity index is 2.64. The molecule has 1 aromatic heterocycles. The molecule has 0 aliphatic rings. The molecule has 5 heteroatoms. The topological polar surface area (TPSA) is 54.0 Å². The van der Waals surface area contributed by atoms with Crippen molar-refractivity contribution in [1.29, 1.82) is 0 Å². The summed E-state index contributed by atoms with van der Waals surface area (Å²) in [5.41, 5.74) is 0. The smallest absolute Gasteiger partial charge is 0.320 e. The number of halogens is 1. The number of hydrogen-bond donors (Lipinski definition) is 2. The first-order valence-corrected chi connectivity index (χ1v) is 4.40. The zero-order chi connectivity index (χ0) is 8.97. The van der Waals surface area contributed by atoms with Crippen molar-refractivity contribution in [2.45, 2.75) is 0 Å². The van der Waals surface area contributed by atoms with Crippen LogP contribution in [-0.2, 0) is 0 Å². The number of amides is 2. The van der Waals surface area contributed by atoms with Crippen LogP contribution in [0.2, 0.25) is 0 Å². The molecule has 0 aliphatic heterocycles. The van der Waals surface area contributed by atoms with Gasteiger partial charge in [-0.3, -0.25) is 5.32 Å². The third-order valence-corrected chi connectivity index (χ3v) is 1.83. The maximum atomic E-state index is 10.8. The van der Waals surface area contributed by atoms with E-state index >= 15 is 0 Å². The monoisotopic (exact) mass is 277 g/mol. The lowest BCUT2D eigenvalue weighted by Gasteiger charge is -2.01. The molecular formula is C7H8IN3O. The van der Waals surface area contributed by atoms with Crippen LogP contribution in [0.3, 0.4) is 0 Å². The lowest BCUT2D eigenvalue weighted by atomic mass is 10.5. The Labute approximate surface area is 83.9 Å². The molecule has 0 bridgehead atoms. The lowest BCUT2D eigenvalue weighted by molar-refractivity contribution is 0.254. The molecule has 2 amide bonds. The minimum absolute atomic E-state index is 0.260. The van der Waals surface area contributed by atoms with Gasteiger partial charge in [-0.2, -0.15) is 0 Å². The average Bonchev–Trinajstić information content (AvgIpc) is 2.09. The molecule has 4 nitrogen and oxygen atoms in total. The molecule has 0 aromatic carbocycles. The van der Waals surface area contributed by atoms with E-state index in [2.05, 4.69) is 38.2 Å². The van der Waals surface area contributed by atoms with Gasteiger partial charge in [0.1, 0.15) is 5.82 Å². The first-order chi connectivity index (χ1) is 5.72. The summed E-state index contributed by atoms with van der Waals surface area (Å²) in [7, 11) is 1.56. The zero-order valence-corrected chi connectivity index (χ0v) is 8.62. The molecular weight excluding hydrogens is 269 g/mol. The van der Waals surface area contributed by atoms with Crippen LogP contribution in [-0.4, -0.2) is 18.1 Å². The van der Waals surface area contributed by atoms with Crippen LogP contribution in [0.15, 0.2) is 18.3 Å². The Morgan fingerprint density at radius 2 is 2.33 bits per heavy atom. The number of urea groups is 1. The van der Waals surface area contributed by atoms with Crippen LogP contribution in [0.25, 0.3) is 0 Å². The number of nitrogens with one attached hydrogen (secondary N) is 2. The molecule has 0 radical (unpaired) electrons. The number of nitrogens with zero attached hydrogens (tertiary/aromatic N) is 1. The predicted molar refractivity (Wildman–Crippen MR) is 55.0 cm³/mol. The van der Waals surface area contributed by atoms with Gasteiger partial charge in [-0.25, -0.2) is 9.78 Å². The van der Waals surface area contributed by atoms with Crippen molar-refractivity contribution >= 4 is 34.4 Å². The van der Waals surface area contributed by atoms with Crippen LogP contribution in [0.1, 0.15) is 0 Å². The van der Waals surface area contributed by atoms with E-state index in [-0.39, 0.29) is 6.03 Å². The molecule has 64 valence electrons. The number of carbonyl (C=O) groups excluding carboxylic acids is 1. The highest BCUT2D eigenvalue weighted by Crippen LogP contribution is 2.06. The zero-order valence-electron chi connectivity index (χ0n) is 6.47. The van der Waals surface area contributed by atoms with Crippen LogP contribution in [0.5, 0.6) is 0 Å². The third kappa shape index (κ3) is 2.65. The molecule has 0 saturated heterocycles. The number of carbonyl (C=O) groups is 1. The largest absolute Gasteiger partial charge is 0.341 e. The highest BCUT2D eigenvalue weighted by Gasteiger charge is 1.97. The van der Waals surface area contributed by atoms with Crippen molar-refractivity contribution in [3.63, 3.8) is 0 Å². The highest BCUT2D eigenvalue weighted by molar-refractivity contribution is 14.1. The molecule has 12 heavy (non-hydrogen) atoms. The van der Waals surface area contributed by atoms with Crippen molar-refractivity contribution < 1.29 is 4.79 Å². The average molecular weight is 277 g/mol. The summed E-state index contributed by atoms with van der Waals surface area (Å²) in [6, 6.07) is 3.36. The van der Waals surface area contributed by atoms with E-state index in [4.69, 9.17) is 0 Å². The number of pyridine rings is 1. The molecule has 2 N–H and O–H groups in total. The van der Waals surface area contributed by atoms with Crippen LogP contribution in [0.4, 0.5) is 10.6 Å². The number of hydrogen-bond acceptors (Lipinski definition) is 2. The van der Waals surface area contributed by atoms with Crippen molar-refractivity contribution in [3.8, 4) is 0 Å². The predicted octanol–water partition coefficient (Wildman–Crippen LogP) is 1.44.